The normalized spacial score (nSPS) is 30.9. The molecular formula is C20H36F3N3O. The van der Waals surface area contributed by atoms with Gasteiger partial charge >= 0.3 is 6.18 Å². The van der Waals surface area contributed by atoms with Crippen LogP contribution < -0.4 is 10.6 Å². The van der Waals surface area contributed by atoms with Gasteiger partial charge in [-0.3, -0.25) is 4.99 Å². The molecule has 2 rings (SSSR count). The van der Waals surface area contributed by atoms with Crippen LogP contribution >= 0.6 is 0 Å². The summed E-state index contributed by atoms with van der Waals surface area (Å²) in [5, 5.41) is 6.44. The fourth-order valence-electron chi connectivity index (χ4n) is 4.33. The standard InChI is InChI=1S/C20H36F3N3O/c1-5-24-18(26-16-10-6-9-15(12-16)20(21,22)23)25-13-14-8-7-11-27-17(14)19(2,3)4/h14-17H,5-13H2,1-4H3,(H2,24,25,26). The topological polar surface area (TPSA) is 45.7 Å². The lowest BCUT2D eigenvalue weighted by atomic mass is 9.78. The van der Waals surface area contributed by atoms with Gasteiger partial charge in [-0.1, -0.05) is 27.2 Å². The van der Waals surface area contributed by atoms with E-state index in [2.05, 4.69) is 31.4 Å². The SMILES string of the molecule is CCNC(=NCC1CCCOC1C(C)(C)C)NC1CCCC(C(F)(F)F)C1. The maximum absolute atomic E-state index is 13.1. The summed E-state index contributed by atoms with van der Waals surface area (Å²) in [6.45, 7) is 10.6. The molecule has 4 unspecified atom stereocenters. The van der Waals surface area contributed by atoms with E-state index in [1.807, 2.05) is 6.92 Å². The van der Waals surface area contributed by atoms with Gasteiger partial charge in [-0.05, 0) is 44.4 Å². The molecule has 0 aromatic heterocycles. The van der Waals surface area contributed by atoms with Crippen LogP contribution in [0.15, 0.2) is 4.99 Å². The molecule has 0 aromatic rings. The predicted molar refractivity (Wildman–Crippen MR) is 103 cm³/mol. The Balaban J connectivity index is 1.99. The highest BCUT2D eigenvalue weighted by Gasteiger charge is 2.42. The van der Waals surface area contributed by atoms with E-state index in [0.717, 1.165) is 25.9 Å². The van der Waals surface area contributed by atoms with E-state index in [9.17, 15) is 13.2 Å². The molecule has 4 nitrogen and oxygen atoms in total. The van der Waals surface area contributed by atoms with E-state index >= 15 is 0 Å². The maximum atomic E-state index is 13.1. The Kier molecular flexibility index (Phi) is 7.83. The van der Waals surface area contributed by atoms with Gasteiger partial charge < -0.3 is 15.4 Å². The lowest BCUT2D eigenvalue weighted by Crippen LogP contribution is -2.47. The second-order valence-corrected chi connectivity index (χ2v) is 9.03. The molecular weight excluding hydrogens is 355 g/mol. The number of nitrogens with one attached hydrogen (secondary N) is 2. The fourth-order valence-corrected chi connectivity index (χ4v) is 4.33. The lowest BCUT2D eigenvalue weighted by Gasteiger charge is -2.39. The third-order valence-electron chi connectivity index (χ3n) is 5.60. The lowest BCUT2D eigenvalue weighted by molar-refractivity contribution is -0.183. The Bertz CT molecular complexity index is 488. The molecule has 1 aliphatic heterocycles. The van der Waals surface area contributed by atoms with Crippen molar-refractivity contribution in [1.29, 1.82) is 0 Å². The van der Waals surface area contributed by atoms with Crippen LogP contribution in [0.25, 0.3) is 0 Å². The zero-order valence-corrected chi connectivity index (χ0v) is 17.2. The van der Waals surface area contributed by atoms with E-state index in [-0.39, 0.29) is 30.4 Å². The summed E-state index contributed by atoms with van der Waals surface area (Å²) >= 11 is 0. The van der Waals surface area contributed by atoms with Gasteiger partial charge in [0, 0.05) is 31.7 Å². The van der Waals surface area contributed by atoms with Crippen LogP contribution in [0, 0.1) is 17.3 Å². The summed E-state index contributed by atoms with van der Waals surface area (Å²) in [6.07, 6.45) is -0.112. The molecule has 1 saturated carbocycles. The molecule has 2 aliphatic rings. The molecule has 1 saturated heterocycles. The van der Waals surface area contributed by atoms with Crippen molar-refractivity contribution >= 4 is 5.96 Å². The van der Waals surface area contributed by atoms with E-state index in [4.69, 9.17) is 9.73 Å². The molecule has 2 N–H and O–H groups in total. The molecule has 4 atom stereocenters. The molecule has 1 aliphatic carbocycles. The second kappa shape index (κ2) is 9.48. The number of aliphatic imine (C=N–C) groups is 1. The molecule has 1 heterocycles. The summed E-state index contributed by atoms with van der Waals surface area (Å²) in [5.74, 6) is -0.240. The van der Waals surface area contributed by atoms with Crippen LogP contribution in [-0.4, -0.2) is 44.0 Å². The minimum Gasteiger partial charge on any atom is -0.377 e. The number of ether oxygens (including phenoxy) is 1. The van der Waals surface area contributed by atoms with Crippen molar-refractivity contribution in [2.45, 2.75) is 84.5 Å². The third-order valence-corrected chi connectivity index (χ3v) is 5.60. The monoisotopic (exact) mass is 391 g/mol. The molecule has 7 heteroatoms. The van der Waals surface area contributed by atoms with Gasteiger partial charge in [0.05, 0.1) is 12.0 Å². The van der Waals surface area contributed by atoms with Crippen molar-refractivity contribution < 1.29 is 17.9 Å². The summed E-state index contributed by atoms with van der Waals surface area (Å²) < 4.78 is 45.2. The van der Waals surface area contributed by atoms with Gasteiger partial charge in [0.1, 0.15) is 0 Å². The summed E-state index contributed by atoms with van der Waals surface area (Å²) in [6, 6.07) is -0.177. The first-order valence-corrected chi connectivity index (χ1v) is 10.3. The van der Waals surface area contributed by atoms with Gasteiger partial charge in [0.25, 0.3) is 0 Å². The third kappa shape index (κ3) is 6.84. The van der Waals surface area contributed by atoms with Gasteiger partial charge in [-0.25, -0.2) is 0 Å². The molecule has 0 bridgehead atoms. The number of alkyl halides is 3. The summed E-state index contributed by atoms with van der Waals surface area (Å²) in [5.41, 5.74) is 0.0513. The van der Waals surface area contributed by atoms with Crippen LogP contribution in [0.4, 0.5) is 13.2 Å². The Morgan fingerprint density at radius 3 is 2.48 bits per heavy atom. The first-order chi connectivity index (χ1) is 12.6. The minimum absolute atomic E-state index is 0.0513. The van der Waals surface area contributed by atoms with Crippen molar-refractivity contribution in [3.8, 4) is 0 Å². The smallest absolute Gasteiger partial charge is 0.377 e. The van der Waals surface area contributed by atoms with E-state index in [0.29, 0.717) is 31.4 Å². The fraction of sp³-hybridized carbons (Fsp3) is 0.950. The van der Waals surface area contributed by atoms with Gasteiger partial charge in [0.15, 0.2) is 5.96 Å². The van der Waals surface area contributed by atoms with Crippen molar-refractivity contribution in [3.63, 3.8) is 0 Å². The van der Waals surface area contributed by atoms with Crippen LogP contribution in [0.3, 0.4) is 0 Å². The van der Waals surface area contributed by atoms with Gasteiger partial charge in [0.2, 0.25) is 0 Å². The van der Waals surface area contributed by atoms with Gasteiger partial charge in [-0.2, -0.15) is 13.2 Å². The number of hydrogen-bond donors (Lipinski definition) is 2. The van der Waals surface area contributed by atoms with Crippen molar-refractivity contribution in [1.82, 2.24) is 10.6 Å². The van der Waals surface area contributed by atoms with Crippen LogP contribution in [-0.2, 0) is 4.74 Å². The van der Waals surface area contributed by atoms with Gasteiger partial charge in [-0.15, -0.1) is 0 Å². The first-order valence-electron chi connectivity index (χ1n) is 10.3. The Morgan fingerprint density at radius 2 is 1.85 bits per heavy atom. The molecule has 2 fully saturated rings. The zero-order chi connectivity index (χ0) is 20.1. The van der Waals surface area contributed by atoms with Crippen molar-refractivity contribution in [2.75, 3.05) is 19.7 Å². The number of nitrogens with zero attached hydrogens (tertiary/aromatic N) is 1. The number of halogens is 3. The van der Waals surface area contributed by atoms with Crippen molar-refractivity contribution in [2.24, 2.45) is 22.2 Å². The van der Waals surface area contributed by atoms with Crippen LogP contribution in [0.2, 0.25) is 0 Å². The minimum atomic E-state index is -4.10. The van der Waals surface area contributed by atoms with Crippen molar-refractivity contribution in [3.05, 3.63) is 0 Å². The average Bonchev–Trinajstić information content (AvgIpc) is 2.59. The predicted octanol–water partition coefficient (Wildman–Crippen LogP) is 4.50. The van der Waals surface area contributed by atoms with Crippen LogP contribution in [0.1, 0.15) is 66.2 Å². The molecule has 0 aromatic carbocycles. The van der Waals surface area contributed by atoms with Crippen LogP contribution in [0.5, 0.6) is 0 Å². The number of guanidine groups is 1. The molecule has 0 amide bonds. The largest absolute Gasteiger partial charge is 0.391 e. The summed E-state index contributed by atoms with van der Waals surface area (Å²) in [4.78, 5) is 4.72. The second-order valence-electron chi connectivity index (χ2n) is 9.03. The molecule has 27 heavy (non-hydrogen) atoms. The highest BCUT2D eigenvalue weighted by atomic mass is 19.4. The zero-order valence-electron chi connectivity index (χ0n) is 17.2. The Morgan fingerprint density at radius 1 is 1.11 bits per heavy atom. The average molecular weight is 392 g/mol. The van der Waals surface area contributed by atoms with E-state index in [1.165, 1.54) is 0 Å². The summed E-state index contributed by atoms with van der Waals surface area (Å²) in [7, 11) is 0. The Hall–Kier alpha value is -0.980. The van der Waals surface area contributed by atoms with E-state index < -0.39 is 12.1 Å². The highest BCUT2D eigenvalue weighted by Crippen LogP contribution is 2.37. The Labute approximate surface area is 161 Å². The molecule has 0 radical (unpaired) electrons. The molecule has 158 valence electrons. The van der Waals surface area contributed by atoms with E-state index in [1.54, 1.807) is 0 Å². The number of hydrogen-bond acceptors (Lipinski definition) is 2. The molecule has 0 spiro atoms. The number of rotatable bonds is 4. The maximum Gasteiger partial charge on any atom is 0.391 e. The first kappa shape index (κ1) is 22.3. The quantitative estimate of drug-likeness (QED) is 0.548. The highest BCUT2D eigenvalue weighted by molar-refractivity contribution is 5.80.